The maximum absolute atomic E-state index is 12.8. The molecular formula is C54H104O6. The second-order valence-electron chi connectivity index (χ2n) is 19.0. The van der Waals surface area contributed by atoms with Crippen LogP contribution in [0, 0.1) is 5.92 Å². The van der Waals surface area contributed by atoms with E-state index in [1.807, 2.05) is 0 Å². The molecule has 0 saturated heterocycles. The van der Waals surface area contributed by atoms with Gasteiger partial charge in [0.05, 0.1) is 0 Å². The van der Waals surface area contributed by atoms with Gasteiger partial charge >= 0.3 is 17.9 Å². The van der Waals surface area contributed by atoms with Crippen molar-refractivity contribution in [3.63, 3.8) is 0 Å². The predicted molar refractivity (Wildman–Crippen MR) is 257 cm³/mol. The lowest BCUT2D eigenvalue weighted by Gasteiger charge is -2.18. The number of carbonyl (C=O) groups excluding carboxylic acids is 3. The third-order valence-electron chi connectivity index (χ3n) is 12.3. The van der Waals surface area contributed by atoms with Crippen LogP contribution in [0.1, 0.15) is 304 Å². The van der Waals surface area contributed by atoms with E-state index in [1.165, 1.54) is 199 Å². The van der Waals surface area contributed by atoms with Crippen LogP contribution in [0.25, 0.3) is 0 Å². The first-order valence-electron chi connectivity index (χ1n) is 26.9. The van der Waals surface area contributed by atoms with E-state index >= 15 is 0 Å². The summed E-state index contributed by atoms with van der Waals surface area (Å²) in [6.07, 6.45) is 50.9. The topological polar surface area (TPSA) is 78.9 Å². The van der Waals surface area contributed by atoms with Crippen molar-refractivity contribution in [2.75, 3.05) is 13.2 Å². The summed E-state index contributed by atoms with van der Waals surface area (Å²) < 4.78 is 16.8. The Morgan fingerprint density at radius 1 is 0.317 bits per heavy atom. The summed E-state index contributed by atoms with van der Waals surface area (Å²) in [5.41, 5.74) is 0. The van der Waals surface area contributed by atoms with Gasteiger partial charge in [-0.2, -0.15) is 0 Å². The lowest BCUT2D eigenvalue weighted by atomic mass is 10.0. The van der Waals surface area contributed by atoms with Crippen molar-refractivity contribution >= 4 is 17.9 Å². The molecule has 0 bridgehead atoms. The number of ether oxygens (including phenoxy) is 3. The Labute approximate surface area is 374 Å². The molecule has 0 aromatic carbocycles. The molecule has 0 heterocycles. The molecular weight excluding hydrogens is 745 g/mol. The summed E-state index contributed by atoms with van der Waals surface area (Å²) in [6, 6.07) is 0. The van der Waals surface area contributed by atoms with Crippen LogP contribution in [0.3, 0.4) is 0 Å². The van der Waals surface area contributed by atoms with Gasteiger partial charge in [-0.1, -0.05) is 265 Å². The molecule has 0 aromatic heterocycles. The van der Waals surface area contributed by atoms with Gasteiger partial charge < -0.3 is 14.2 Å². The van der Waals surface area contributed by atoms with E-state index in [2.05, 4.69) is 27.7 Å². The zero-order chi connectivity index (χ0) is 43.8. The van der Waals surface area contributed by atoms with E-state index in [1.54, 1.807) is 0 Å². The van der Waals surface area contributed by atoms with Crippen LogP contribution in [0.15, 0.2) is 0 Å². The monoisotopic (exact) mass is 849 g/mol. The Bertz CT molecular complexity index is 903. The van der Waals surface area contributed by atoms with Gasteiger partial charge in [-0.25, -0.2) is 0 Å². The zero-order valence-electron chi connectivity index (χ0n) is 40.9. The van der Waals surface area contributed by atoms with Crippen LogP contribution >= 0.6 is 0 Å². The summed E-state index contributed by atoms with van der Waals surface area (Å²) in [4.78, 5) is 37.9. The highest BCUT2D eigenvalue weighted by atomic mass is 16.6. The minimum Gasteiger partial charge on any atom is -0.462 e. The van der Waals surface area contributed by atoms with E-state index in [0.29, 0.717) is 19.3 Å². The largest absolute Gasteiger partial charge is 0.462 e. The molecule has 0 unspecified atom stereocenters. The van der Waals surface area contributed by atoms with Gasteiger partial charge in [-0.05, 0) is 25.2 Å². The first-order chi connectivity index (χ1) is 29.4. The molecule has 0 fully saturated rings. The molecule has 0 aliphatic heterocycles. The van der Waals surface area contributed by atoms with E-state index in [0.717, 1.165) is 63.7 Å². The Kier molecular flexibility index (Phi) is 47.2. The Balaban J connectivity index is 4.26. The fraction of sp³-hybridized carbons (Fsp3) is 0.944. The number of hydrogen-bond donors (Lipinski definition) is 0. The van der Waals surface area contributed by atoms with Crippen LogP contribution in [0.2, 0.25) is 0 Å². The minimum absolute atomic E-state index is 0.0624. The molecule has 0 aliphatic rings. The van der Waals surface area contributed by atoms with Gasteiger partial charge in [0, 0.05) is 19.3 Å². The molecule has 0 aromatic rings. The second-order valence-corrected chi connectivity index (χ2v) is 19.0. The number of rotatable bonds is 49. The zero-order valence-corrected chi connectivity index (χ0v) is 40.9. The average Bonchev–Trinajstić information content (AvgIpc) is 3.23. The molecule has 0 N–H and O–H groups in total. The van der Waals surface area contributed by atoms with Crippen molar-refractivity contribution in [2.45, 2.75) is 310 Å². The molecule has 0 aliphatic carbocycles. The smallest absolute Gasteiger partial charge is 0.306 e. The summed E-state index contributed by atoms with van der Waals surface area (Å²) in [7, 11) is 0. The second kappa shape index (κ2) is 48.4. The van der Waals surface area contributed by atoms with Gasteiger partial charge in [0.1, 0.15) is 13.2 Å². The standard InChI is InChI=1S/C54H104O6/c1-5-7-9-11-13-15-17-18-19-24-27-31-35-39-43-47-54(57)60-51(48-58-52(55)45-41-37-33-29-16-14-12-10-8-6-2)49-59-53(56)46-42-38-34-30-26-23-21-20-22-25-28-32-36-40-44-50(3)4/h50-51H,5-49H2,1-4H3/t51-/m0/s1. The fourth-order valence-electron chi connectivity index (χ4n) is 8.22. The Morgan fingerprint density at radius 2 is 0.550 bits per heavy atom. The minimum atomic E-state index is -0.760. The highest BCUT2D eigenvalue weighted by Gasteiger charge is 2.19. The van der Waals surface area contributed by atoms with Crippen molar-refractivity contribution in [1.29, 1.82) is 0 Å². The van der Waals surface area contributed by atoms with Crippen molar-refractivity contribution in [1.82, 2.24) is 0 Å². The molecule has 356 valence electrons. The molecule has 0 rings (SSSR count). The SMILES string of the molecule is CCCCCCCCCCCCCCCCCC(=O)O[C@@H](COC(=O)CCCCCCCCCCCC)COC(=O)CCCCCCCCCCCCCCCCC(C)C. The highest BCUT2D eigenvalue weighted by Crippen LogP contribution is 2.17. The van der Waals surface area contributed by atoms with E-state index in [-0.39, 0.29) is 31.1 Å². The summed E-state index contributed by atoms with van der Waals surface area (Å²) in [5, 5.41) is 0. The predicted octanol–water partition coefficient (Wildman–Crippen LogP) is 17.5. The van der Waals surface area contributed by atoms with E-state index < -0.39 is 6.10 Å². The fourth-order valence-corrected chi connectivity index (χ4v) is 8.22. The molecule has 0 spiro atoms. The molecule has 0 saturated carbocycles. The van der Waals surface area contributed by atoms with Gasteiger partial charge in [0.25, 0.3) is 0 Å². The molecule has 60 heavy (non-hydrogen) atoms. The first kappa shape index (κ1) is 58.4. The van der Waals surface area contributed by atoms with Gasteiger partial charge in [-0.15, -0.1) is 0 Å². The van der Waals surface area contributed by atoms with Crippen LogP contribution < -0.4 is 0 Å². The van der Waals surface area contributed by atoms with Gasteiger partial charge in [0.15, 0.2) is 6.10 Å². The summed E-state index contributed by atoms with van der Waals surface area (Å²) in [5.74, 6) is 0.00259. The summed E-state index contributed by atoms with van der Waals surface area (Å²) >= 11 is 0. The number of carbonyl (C=O) groups is 3. The Morgan fingerprint density at radius 3 is 0.817 bits per heavy atom. The van der Waals surface area contributed by atoms with Gasteiger partial charge in [-0.3, -0.25) is 14.4 Å². The first-order valence-corrected chi connectivity index (χ1v) is 26.9. The Hall–Kier alpha value is -1.59. The van der Waals surface area contributed by atoms with Crippen LogP contribution in [-0.2, 0) is 28.6 Å². The third-order valence-corrected chi connectivity index (χ3v) is 12.3. The summed E-state index contributed by atoms with van der Waals surface area (Å²) in [6.45, 7) is 9.04. The van der Waals surface area contributed by atoms with Crippen molar-refractivity contribution < 1.29 is 28.6 Å². The number of unbranched alkanes of at least 4 members (excludes halogenated alkanes) is 36. The highest BCUT2D eigenvalue weighted by molar-refractivity contribution is 5.71. The maximum Gasteiger partial charge on any atom is 0.306 e. The van der Waals surface area contributed by atoms with Crippen LogP contribution in [-0.4, -0.2) is 37.2 Å². The maximum atomic E-state index is 12.8. The van der Waals surface area contributed by atoms with E-state index in [4.69, 9.17) is 14.2 Å². The number of hydrogen-bond acceptors (Lipinski definition) is 6. The van der Waals surface area contributed by atoms with Crippen LogP contribution in [0.5, 0.6) is 0 Å². The molecule has 6 heteroatoms. The van der Waals surface area contributed by atoms with Crippen molar-refractivity contribution in [3.8, 4) is 0 Å². The molecule has 0 amide bonds. The average molecular weight is 849 g/mol. The van der Waals surface area contributed by atoms with Crippen molar-refractivity contribution in [3.05, 3.63) is 0 Å². The van der Waals surface area contributed by atoms with Crippen LogP contribution in [0.4, 0.5) is 0 Å². The lowest BCUT2D eigenvalue weighted by Crippen LogP contribution is -2.30. The molecule has 6 nitrogen and oxygen atoms in total. The van der Waals surface area contributed by atoms with E-state index in [9.17, 15) is 14.4 Å². The molecule has 1 atom stereocenters. The lowest BCUT2D eigenvalue weighted by molar-refractivity contribution is -0.167. The van der Waals surface area contributed by atoms with Crippen molar-refractivity contribution in [2.24, 2.45) is 5.92 Å². The normalized spacial score (nSPS) is 11.9. The number of esters is 3. The molecule has 0 radical (unpaired) electrons. The quantitative estimate of drug-likeness (QED) is 0.0345. The third kappa shape index (κ3) is 47.5. The van der Waals surface area contributed by atoms with Gasteiger partial charge in [0.2, 0.25) is 0 Å².